The number of benzene rings is 5. The molecule has 5 nitrogen and oxygen atoms in total. The molecule has 0 fully saturated rings. The van der Waals surface area contributed by atoms with Crippen LogP contribution in [0.15, 0.2) is 77.7 Å². The maximum absolute atomic E-state index is 13.8. The maximum atomic E-state index is 13.8. The first-order valence-corrected chi connectivity index (χ1v) is 20.8. The molecule has 0 aliphatic heterocycles. The van der Waals surface area contributed by atoms with Gasteiger partial charge < -0.3 is 0 Å². The van der Waals surface area contributed by atoms with Gasteiger partial charge in [0.05, 0.1) is 4.90 Å². The van der Waals surface area contributed by atoms with Crippen molar-refractivity contribution in [1.82, 2.24) is 0 Å². The summed E-state index contributed by atoms with van der Waals surface area (Å²) in [7, 11) is -8.54. The van der Waals surface area contributed by atoms with Crippen LogP contribution in [0.3, 0.4) is 0 Å². The molecule has 0 aromatic heterocycles. The Morgan fingerprint density at radius 2 is 0.880 bits per heavy atom. The van der Waals surface area contributed by atoms with Crippen molar-refractivity contribution in [2.24, 2.45) is 0 Å². The second-order valence-corrected chi connectivity index (χ2v) is 21.7. The van der Waals surface area contributed by atoms with E-state index >= 15 is 0 Å². The second-order valence-electron chi connectivity index (χ2n) is 18.1. The molecule has 7 heteroatoms. The molecule has 0 atom stereocenters. The molecule has 266 valence electrons. The Kier molecular flexibility index (Phi) is 9.33. The lowest BCUT2D eigenvalue weighted by Gasteiger charge is -2.30. The Bertz CT molecular complexity index is 2250. The summed E-state index contributed by atoms with van der Waals surface area (Å²) < 4.78 is 27.6. The first-order valence-electron chi connectivity index (χ1n) is 17.2. The molecule has 0 heterocycles. The largest absolute Gasteiger partial charge is 0.441 e. The third-order valence-corrected chi connectivity index (χ3v) is 11.9. The van der Waals surface area contributed by atoms with E-state index in [1.165, 1.54) is 29.5 Å². The van der Waals surface area contributed by atoms with Crippen molar-refractivity contribution in [3.05, 3.63) is 95.1 Å². The van der Waals surface area contributed by atoms with Crippen molar-refractivity contribution in [3.8, 4) is 22.3 Å². The quantitative estimate of drug-likeness (QED) is 0.161. The Morgan fingerprint density at radius 1 is 0.480 bits per heavy atom. The highest BCUT2D eigenvalue weighted by atomic mass is 32.2. The number of sulfone groups is 1. The summed E-state index contributed by atoms with van der Waals surface area (Å²) >= 11 is 0. The van der Waals surface area contributed by atoms with E-state index in [9.17, 15) is 23.1 Å². The Labute approximate surface area is 299 Å². The first kappa shape index (κ1) is 38.1. The van der Waals surface area contributed by atoms with E-state index in [4.69, 9.17) is 0 Å². The summed E-state index contributed by atoms with van der Waals surface area (Å²) in [5.41, 5.74) is 5.14. The Balaban J connectivity index is 2.06. The summed E-state index contributed by atoms with van der Waals surface area (Å²) in [5.74, 6) is 0. The summed E-state index contributed by atoms with van der Waals surface area (Å²) in [6, 6.07) is 23.8. The van der Waals surface area contributed by atoms with E-state index in [-0.39, 0.29) is 21.0 Å². The summed E-state index contributed by atoms with van der Waals surface area (Å²) in [6.45, 7) is 25.6. The average Bonchev–Trinajstić information content (AvgIpc) is 2.95. The minimum Gasteiger partial charge on any atom is -0.224 e. The van der Waals surface area contributed by atoms with Crippen molar-refractivity contribution in [2.45, 2.75) is 110 Å². The number of rotatable bonds is 4. The number of hydrogen-bond donors (Lipinski definition) is 3. The second kappa shape index (κ2) is 12.2. The van der Waals surface area contributed by atoms with Crippen molar-refractivity contribution in [3.63, 3.8) is 0 Å². The SMILES string of the molecule is CC(C)(C)c1ccc2cc(-c3c([P+](O)(O)O)ccc(S(C)(=O)=O)c3-c3cc4ccc(C(C)(C)C)cc4cc3C(C)(C)C)c(C(C)(C)C)cc2c1. The smallest absolute Gasteiger partial charge is 0.224 e. The standard InChI is InChI=1S/C43H54O5PS/c1-40(2,3)30-16-14-26-22-32(34(42(7,8)9)24-28(26)20-30)38-36(49(44,45)46)18-19-37(50(13,47)48)39(38)33-23-27-15-17-31(41(4,5)6)21-29(27)25-35(33)43(10,11)12/h14-25,44-46H,1-13H3/q+1. The van der Waals surface area contributed by atoms with Crippen LogP contribution in [-0.2, 0) is 31.5 Å². The van der Waals surface area contributed by atoms with E-state index < -0.39 is 28.6 Å². The minimum absolute atomic E-state index is 0.0592. The lowest BCUT2D eigenvalue weighted by molar-refractivity contribution is 0.347. The van der Waals surface area contributed by atoms with Gasteiger partial charge in [-0.1, -0.05) is 119 Å². The molecule has 0 unspecified atom stereocenters. The molecule has 5 rings (SSSR count). The van der Waals surface area contributed by atoms with Crippen LogP contribution in [0, 0.1) is 0 Å². The molecule has 0 saturated carbocycles. The molecule has 0 spiro atoms. The van der Waals surface area contributed by atoms with Gasteiger partial charge in [0.25, 0.3) is 0 Å². The van der Waals surface area contributed by atoms with Crippen LogP contribution in [-0.4, -0.2) is 29.4 Å². The summed E-state index contributed by atoms with van der Waals surface area (Å²) in [6.07, 6.45) is 1.18. The van der Waals surface area contributed by atoms with Crippen LogP contribution in [0.4, 0.5) is 0 Å². The fourth-order valence-electron chi connectivity index (χ4n) is 6.85. The maximum Gasteiger partial charge on any atom is 0.441 e. The van der Waals surface area contributed by atoms with Gasteiger partial charge in [0.2, 0.25) is 0 Å². The van der Waals surface area contributed by atoms with E-state index in [0.717, 1.165) is 32.7 Å². The molecule has 3 N–H and O–H groups in total. The van der Waals surface area contributed by atoms with Crippen LogP contribution in [0.5, 0.6) is 0 Å². The highest BCUT2D eigenvalue weighted by Gasteiger charge is 2.42. The zero-order valence-corrected chi connectivity index (χ0v) is 33.7. The lowest BCUT2D eigenvalue weighted by atomic mass is 9.76. The monoisotopic (exact) mass is 713 g/mol. The van der Waals surface area contributed by atoms with Crippen LogP contribution in [0.2, 0.25) is 0 Å². The summed E-state index contributed by atoms with van der Waals surface area (Å²) in [5, 5.41) is 3.83. The molecule has 5 aromatic carbocycles. The van der Waals surface area contributed by atoms with Crippen molar-refractivity contribution >= 4 is 44.6 Å². The van der Waals surface area contributed by atoms with Crippen molar-refractivity contribution in [1.29, 1.82) is 0 Å². The first-order chi connectivity index (χ1) is 22.6. The molecular weight excluding hydrogens is 660 g/mol. The minimum atomic E-state index is -4.68. The molecular formula is C43H54O5PS+. The summed E-state index contributed by atoms with van der Waals surface area (Å²) in [4.78, 5) is 33.4. The fraction of sp³-hybridized carbons (Fsp3) is 0.395. The average molecular weight is 714 g/mol. The van der Waals surface area contributed by atoms with Gasteiger partial charge in [-0.05, 0) is 113 Å². The molecule has 0 saturated heterocycles. The molecule has 0 amide bonds. The lowest BCUT2D eigenvalue weighted by Crippen LogP contribution is -2.21. The predicted molar refractivity (Wildman–Crippen MR) is 213 cm³/mol. The van der Waals surface area contributed by atoms with Crippen LogP contribution >= 0.6 is 7.94 Å². The highest BCUT2D eigenvalue weighted by molar-refractivity contribution is 7.90. The fourth-order valence-corrected chi connectivity index (χ4v) is 8.56. The van der Waals surface area contributed by atoms with Crippen molar-refractivity contribution in [2.75, 3.05) is 6.26 Å². The van der Waals surface area contributed by atoms with Gasteiger partial charge in [-0.3, -0.25) is 0 Å². The van der Waals surface area contributed by atoms with Gasteiger partial charge in [0, 0.05) is 17.4 Å². The van der Waals surface area contributed by atoms with E-state index in [0.29, 0.717) is 22.3 Å². The van der Waals surface area contributed by atoms with E-state index in [1.54, 1.807) is 0 Å². The van der Waals surface area contributed by atoms with Gasteiger partial charge in [-0.25, -0.2) is 8.42 Å². The normalized spacial score (nSPS) is 13.8. The van der Waals surface area contributed by atoms with Gasteiger partial charge in [0.15, 0.2) is 15.1 Å². The molecule has 0 aliphatic carbocycles. The highest BCUT2D eigenvalue weighted by Crippen LogP contribution is 2.53. The zero-order chi connectivity index (χ0) is 37.6. The molecule has 0 radical (unpaired) electrons. The zero-order valence-electron chi connectivity index (χ0n) is 31.9. The molecule has 5 aromatic rings. The van der Waals surface area contributed by atoms with Crippen LogP contribution in [0.1, 0.15) is 105 Å². The van der Waals surface area contributed by atoms with Gasteiger partial charge in [0.1, 0.15) is 0 Å². The Morgan fingerprint density at radius 3 is 1.22 bits per heavy atom. The molecule has 0 aliphatic rings. The number of hydrogen-bond acceptors (Lipinski definition) is 5. The van der Waals surface area contributed by atoms with Crippen molar-refractivity contribution < 1.29 is 23.1 Å². The van der Waals surface area contributed by atoms with Gasteiger partial charge in [-0.2, -0.15) is 14.7 Å². The third kappa shape index (κ3) is 7.43. The van der Waals surface area contributed by atoms with Gasteiger partial charge in [-0.15, -0.1) is 0 Å². The third-order valence-electron chi connectivity index (χ3n) is 9.71. The number of fused-ring (bicyclic) bond motifs is 2. The van der Waals surface area contributed by atoms with Crippen LogP contribution in [0.25, 0.3) is 43.8 Å². The van der Waals surface area contributed by atoms with Gasteiger partial charge >= 0.3 is 7.94 Å². The van der Waals surface area contributed by atoms with Crippen LogP contribution < -0.4 is 5.30 Å². The molecule has 0 bridgehead atoms. The topological polar surface area (TPSA) is 94.8 Å². The molecule has 50 heavy (non-hydrogen) atoms. The predicted octanol–water partition coefficient (Wildman–Crippen LogP) is 10.3. The van der Waals surface area contributed by atoms with E-state index in [1.807, 2.05) is 12.1 Å². The Hall–Kier alpha value is -3.12. The van der Waals surface area contributed by atoms with E-state index in [2.05, 4.69) is 132 Å².